The van der Waals surface area contributed by atoms with E-state index < -0.39 is 0 Å². The van der Waals surface area contributed by atoms with Gasteiger partial charge in [0, 0.05) is 31.7 Å². The van der Waals surface area contributed by atoms with Crippen LogP contribution in [-0.2, 0) is 4.79 Å². The summed E-state index contributed by atoms with van der Waals surface area (Å²) in [5, 5.41) is 2.78. The maximum absolute atomic E-state index is 10.8. The molecule has 0 bridgehead atoms. The number of nitrogens with one attached hydrogen (secondary N) is 1. The van der Waals surface area contributed by atoms with Gasteiger partial charge in [-0.25, -0.2) is 0 Å². The lowest BCUT2D eigenvalue weighted by atomic mass is 10.5. The summed E-state index contributed by atoms with van der Waals surface area (Å²) in [6, 6.07) is 0. The van der Waals surface area contributed by atoms with E-state index in [1.54, 1.807) is 25.6 Å². The maximum atomic E-state index is 10.8. The lowest BCUT2D eigenvalue weighted by Gasteiger charge is -2.04. The fraction of sp³-hybridized carbons (Fsp3) is 0.167. The highest BCUT2D eigenvalue weighted by Gasteiger charge is 2.00. The SMILES string of the molecule is CN1C=CNC=CC1=O. The van der Waals surface area contributed by atoms with Crippen LogP contribution in [0, 0.1) is 0 Å². The van der Waals surface area contributed by atoms with Crippen molar-refractivity contribution in [3.8, 4) is 0 Å². The third-order valence-electron chi connectivity index (χ3n) is 1.06. The highest BCUT2D eigenvalue weighted by Crippen LogP contribution is 1.89. The fourth-order valence-electron chi connectivity index (χ4n) is 0.521. The number of hydrogen-bond donors (Lipinski definition) is 1. The molecule has 1 N–H and O–H groups in total. The van der Waals surface area contributed by atoms with Gasteiger partial charge in [0.25, 0.3) is 5.91 Å². The first kappa shape index (κ1) is 5.88. The van der Waals surface area contributed by atoms with E-state index in [-0.39, 0.29) is 5.91 Å². The monoisotopic (exact) mass is 124 g/mol. The Morgan fingerprint density at radius 1 is 1.56 bits per heavy atom. The molecule has 0 aliphatic carbocycles. The van der Waals surface area contributed by atoms with Crippen LogP contribution in [0.3, 0.4) is 0 Å². The Hall–Kier alpha value is -1.25. The number of likely N-dealkylation sites (N-methyl/N-ethyl adjacent to an activating group) is 1. The molecule has 3 nitrogen and oxygen atoms in total. The van der Waals surface area contributed by atoms with Crippen molar-refractivity contribution in [3.63, 3.8) is 0 Å². The Morgan fingerprint density at radius 2 is 2.33 bits per heavy atom. The molecule has 1 rings (SSSR count). The zero-order chi connectivity index (χ0) is 6.69. The van der Waals surface area contributed by atoms with Crippen LogP contribution in [0.25, 0.3) is 0 Å². The Kier molecular flexibility index (Phi) is 1.53. The molecule has 0 saturated carbocycles. The lowest BCUT2D eigenvalue weighted by molar-refractivity contribution is -0.122. The van der Waals surface area contributed by atoms with Crippen molar-refractivity contribution in [2.24, 2.45) is 0 Å². The Bertz CT molecular complexity index is 172. The van der Waals surface area contributed by atoms with Gasteiger partial charge in [0.15, 0.2) is 0 Å². The smallest absolute Gasteiger partial charge is 0.251 e. The van der Waals surface area contributed by atoms with Crippen LogP contribution in [0.1, 0.15) is 0 Å². The lowest BCUT2D eigenvalue weighted by Crippen LogP contribution is -2.16. The molecule has 1 aliphatic rings. The molecule has 9 heavy (non-hydrogen) atoms. The van der Waals surface area contributed by atoms with Gasteiger partial charge in [-0.15, -0.1) is 0 Å². The number of hydrogen-bond acceptors (Lipinski definition) is 2. The molecule has 3 heteroatoms. The van der Waals surface area contributed by atoms with Crippen LogP contribution in [-0.4, -0.2) is 17.9 Å². The molecule has 0 fully saturated rings. The predicted octanol–water partition coefficient (Wildman–Crippen LogP) is 0.0329. The standard InChI is InChI=1S/C6H8N2O/c1-8-5-4-7-3-2-6(8)9/h2-5,7H,1H3. The largest absolute Gasteiger partial charge is 0.366 e. The zero-order valence-corrected chi connectivity index (χ0v) is 5.16. The van der Waals surface area contributed by atoms with E-state index in [1.807, 2.05) is 0 Å². The summed E-state index contributed by atoms with van der Waals surface area (Å²) < 4.78 is 0. The predicted molar refractivity (Wildman–Crippen MR) is 34.2 cm³/mol. The van der Waals surface area contributed by atoms with Crippen LogP contribution in [0.4, 0.5) is 0 Å². The summed E-state index contributed by atoms with van der Waals surface area (Å²) in [6.07, 6.45) is 6.44. The minimum absolute atomic E-state index is 0.0174. The van der Waals surface area contributed by atoms with Gasteiger partial charge in [-0.3, -0.25) is 4.79 Å². The van der Waals surface area contributed by atoms with Crippen molar-refractivity contribution in [3.05, 3.63) is 24.7 Å². The molecule has 0 aromatic rings. The molecule has 0 saturated heterocycles. The Morgan fingerprint density at radius 3 is 3.11 bits per heavy atom. The summed E-state index contributed by atoms with van der Waals surface area (Å²) in [4.78, 5) is 12.3. The van der Waals surface area contributed by atoms with Gasteiger partial charge in [0.2, 0.25) is 0 Å². The quantitative estimate of drug-likeness (QED) is 0.494. The van der Waals surface area contributed by atoms with Gasteiger partial charge in [0.1, 0.15) is 0 Å². The molecule has 1 aliphatic heterocycles. The molecule has 0 radical (unpaired) electrons. The average molecular weight is 124 g/mol. The van der Waals surface area contributed by atoms with E-state index in [4.69, 9.17) is 0 Å². The van der Waals surface area contributed by atoms with Crippen LogP contribution in [0.15, 0.2) is 24.7 Å². The number of rotatable bonds is 0. The van der Waals surface area contributed by atoms with Gasteiger partial charge < -0.3 is 10.2 Å². The van der Waals surface area contributed by atoms with E-state index in [9.17, 15) is 4.79 Å². The molecule has 0 spiro atoms. The molecule has 1 amide bonds. The van der Waals surface area contributed by atoms with Gasteiger partial charge >= 0.3 is 0 Å². The maximum Gasteiger partial charge on any atom is 0.251 e. The van der Waals surface area contributed by atoms with Crippen molar-refractivity contribution in [2.45, 2.75) is 0 Å². The number of amides is 1. The third kappa shape index (κ3) is 1.32. The van der Waals surface area contributed by atoms with E-state index in [0.717, 1.165) is 0 Å². The zero-order valence-electron chi connectivity index (χ0n) is 5.16. The topological polar surface area (TPSA) is 32.3 Å². The molecule has 0 aromatic carbocycles. The van der Waals surface area contributed by atoms with Crippen LogP contribution >= 0.6 is 0 Å². The molecule has 0 unspecified atom stereocenters. The molecular weight excluding hydrogens is 116 g/mol. The third-order valence-corrected chi connectivity index (χ3v) is 1.06. The Balaban J connectivity index is 2.73. The van der Waals surface area contributed by atoms with Crippen molar-refractivity contribution in [1.82, 2.24) is 10.2 Å². The normalized spacial score (nSPS) is 17.4. The summed E-state index contributed by atoms with van der Waals surface area (Å²) >= 11 is 0. The molecule has 0 aromatic heterocycles. The average Bonchev–Trinajstić information content (AvgIpc) is 1.99. The minimum atomic E-state index is -0.0174. The summed E-state index contributed by atoms with van der Waals surface area (Å²) in [5.41, 5.74) is 0. The highest BCUT2D eigenvalue weighted by molar-refractivity contribution is 5.88. The van der Waals surface area contributed by atoms with Crippen LogP contribution < -0.4 is 5.32 Å². The van der Waals surface area contributed by atoms with Crippen molar-refractivity contribution in [2.75, 3.05) is 7.05 Å². The second-order valence-corrected chi connectivity index (χ2v) is 1.76. The van der Waals surface area contributed by atoms with Gasteiger partial charge in [-0.2, -0.15) is 0 Å². The van der Waals surface area contributed by atoms with Crippen molar-refractivity contribution >= 4 is 5.91 Å². The highest BCUT2D eigenvalue weighted by atomic mass is 16.2. The minimum Gasteiger partial charge on any atom is -0.366 e. The van der Waals surface area contributed by atoms with Crippen molar-refractivity contribution < 1.29 is 4.79 Å². The second-order valence-electron chi connectivity index (χ2n) is 1.76. The first-order valence-corrected chi connectivity index (χ1v) is 2.67. The summed E-state index contributed by atoms with van der Waals surface area (Å²) in [5.74, 6) is -0.0174. The number of nitrogens with zero attached hydrogens (tertiary/aromatic N) is 1. The number of carbonyl (C=O) groups is 1. The first-order chi connectivity index (χ1) is 4.30. The van der Waals surface area contributed by atoms with Gasteiger partial charge in [-0.1, -0.05) is 0 Å². The van der Waals surface area contributed by atoms with E-state index in [0.29, 0.717) is 0 Å². The molecule has 0 atom stereocenters. The van der Waals surface area contributed by atoms with E-state index >= 15 is 0 Å². The van der Waals surface area contributed by atoms with Crippen molar-refractivity contribution in [1.29, 1.82) is 0 Å². The van der Waals surface area contributed by atoms with Crippen LogP contribution in [0.2, 0.25) is 0 Å². The molecular formula is C6H8N2O. The Labute approximate surface area is 53.7 Å². The van der Waals surface area contributed by atoms with E-state index in [1.165, 1.54) is 11.0 Å². The second kappa shape index (κ2) is 2.35. The first-order valence-electron chi connectivity index (χ1n) is 2.67. The van der Waals surface area contributed by atoms with Crippen LogP contribution in [0.5, 0.6) is 0 Å². The summed E-state index contributed by atoms with van der Waals surface area (Å²) in [7, 11) is 1.70. The van der Waals surface area contributed by atoms with Gasteiger partial charge in [0.05, 0.1) is 0 Å². The van der Waals surface area contributed by atoms with E-state index in [2.05, 4.69) is 5.32 Å². The molecule has 1 heterocycles. The summed E-state index contributed by atoms with van der Waals surface area (Å²) in [6.45, 7) is 0. The fourth-order valence-corrected chi connectivity index (χ4v) is 0.521. The molecule has 48 valence electrons. The van der Waals surface area contributed by atoms with Gasteiger partial charge in [-0.05, 0) is 0 Å². The number of carbonyl (C=O) groups excluding carboxylic acids is 1.